The average molecular weight is 327 g/mol. The minimum Gasteiger partial charge on any atom is -0.428 e. The van der Waals surface area contributed by atoms with E-state index < -0.39 is 18.3 Å². The summed E-state index contributed by atoms with van der Waals surface area (Å²) in [5.41, 5.74) is 10.4. The summed E-state index contributed by atoms with van der Waals surface area (Å²) in [6, 6.07) is 6.69. The van der Waals surface area contributed by atoms with Crippen molar-refractivity contribution in [3.63, 3.8) is 0 Å². The monoisotopic (exact) mass is 327 g/mol. The zero-order valence-electron chi connectivity index (χ0n) is 11.3. The van der Waals surface area contributed by atoms with E-state index in [1.807, 2.05) is 0 Å². The lowest BCUT2D eigenvalue weighted by molar-refractivity contribution is -0.253. The van der Waals surface area contributed by atoms with Crippen molar-refractivity contribution in [3.8, 4) is 23.1 Å². The number of alkyl halides is 4. The van der Waals surface area contributed by atoms with Crippen LogP contribution in [-0.2, 0) is 0 Å². The number of anilines is 2. The Morgan fingerprint density at radius 2 is 1.83 bits per heavy atom. The smallest absolute Gasteiger partial charge is 0.428 e. The molecule has 1 aromatic carbocycles. The summed E-state index contributed by atoms with van der Waals surface area (Å²) in [7, 11) is 0. The highest BCUT2D eigenvalue weighted by Gasteiger charge is 2.44. The fourth-order valence-electron chi connectivity index (χ4n) is 1.74. The van der Waals surface area contributed by atoms with Gasteiger partial charge in [-0.25, -0.2) is 4.98 Å². The van der Waals surface area contributed by atoms with Gasteiger partial charge >= 0.3 is 12.5 Å². The Morgan fingerprint density at radius 1 is 1.17 bits per heavy atom. The third-order valence-corrected chi connectivity index (χ3v) is 2.71. The van der Waals surface area contributed by atoms with Crippen LogP contribution < -0.4 is 16.2 Å². The fraction of sp³-hybridized carbons (Fsp3) is 0.154. The summed E-state index contributed by atoms with van der Waals surface area (Å²) in [6.07, 6.45) is -8.75. The van der Waals surface area contributed by atoms with Crippen LogP contribution in [0.15, 0.2) is 24.3 Å². The number of nitrogen functional groups attached to an aromatic ring is 2. The van der Waals surface area contributed by atoms with Crippen molar-refractivity contribution in [2.75, 3.05) is 11.5 Å². The Kier molecular flexibility index (Phi) is 4.22. The third-order valence-electron chi connectivity index (χ3n) is 2.71. The van der Waals surface area contributed by atoms with Crippen molar-refractivity contribution >= 4 is 11.8 Å². The zero-order chi connectivity index (χ0) is 17.2. The summed E-state index contributed by atoms with van der Waals surface area (Å²) in [5.74, 6) is -1.19. The molecule has 23 heavy (non-hydrogen) atoms. The molecule has 6 nitrogen and oxygen atoms in total. The van der Waals surface area contributed by atoms with E-state index >= 15 is 0 Å². The Hall–Kier alpha value is -3.09. The molecule has 0 aliphatic heterocycles. The molecule has 4 N–H and O–H groups in total. The van der Waals surface area contributed by atoms with E-state index in [9.17, 15) is 17.6 Å². The molecule has 0 amide bonds. The molecule has 0 unspecified atom stereocenters. The van der Waals surface area contributed by atoms with Crippen molar-refractivity contribution in [3.05, 3.63) is 29.8 Å². The predicted molar refractivity (Wildman–Crippen MR) is 72.6 cm³/mol. The van der Waals surface area contributed by atoms with Crippen LogP contribution in [-0.4, -0.2) is 22.5 Å². The van der Waals surface area contributed by atoms with Crippen LogP contribution in [0.1, 0.15) is 5.56 Å². The Labute approximate surface area is 127 Å². The van der Waals surface area contributed by atoms with E-state index in [1.54, 1.807) is 6.07 Å². The minimum absolute atomic E-state index is 0.148. The highest BCUT2D eigenvalue weighted by molar-refractivity contribution is 5.77. The molecule has 0 saturated carbocycles. The van der Waals surface area contributed by atoms with E-state index in [-0.39, 0.29) is 28.6 Å². The van der Waals surface area contributed by atoms with Crippen molar-refractivity contribution < 1.29 is 22.3 Å². The lowest BCUT2D eigenvalue weighted by atomic mass is 10.1. The molecule has 0 radical (unpaired) electrons. The number of ether oxygens (including phenoxy) is 1. The molecule has 10 heteroatoms. The van der Waals surface area contributed by atoms with Crippen LogP contribution in [0.3, 0.4) is 0 Å². The molecule has 1 aromatic heterocycles. The maximum atomic E-state index is 13.1. The Balaban J connectivity index is 2.61. The molecule has 0 atom stereocenters. The molecule has 0 aliphatic rings. The first kappa shape index (κ1) is 16.3. The van der Waals surface area contributed by atoms with Crippen LogP contribution >= 0.6 is 0 Å². The van der Waals surface area contributed by atoms with Crippen LogP contribution in [0.5, 0.6) is 5.75 Å². The lowest BCUT2D eigenvalue weighted by Crippen LogP contribution is -2.33. The Bertz CT molecular complexity index is 775. The van der Waals surface area contributed by atoms with Gasteiger partial charge in [-0.3, -0.25) is 0 Å². The second kappa shape index (κ2) is 5.96. The van der Waals surface area contributed by atoms with E-state index in [2.05, 4.69) is 14.7 Å². The van der Waals surface area contributed by atoms with Crippen molar-refractivity contribution in [2.24, 2.45) is 0 Å². The minimum atomic E-state index is -4.72. The van der Waals surface area contributed by atoms with Crippen LogP contribution in [0.4, 0.5) is 29.3 Å². The van der Waals surface area contributed by atoms with Crippen LogP contribution in [0.2, 0.25) is 0 Å². The molecule has 120 valence electrons. The molecule has 2 rings (SSSR count). The summed E-state index contributed by atoms with van der Waals surface area (Å²) >= 11 is 0. The summed E-state index contributed by atoms with van der Waals surface area (Å²) in [5, 5.41) is 9.10. The standard InChI is InChI=1S/C13H9F4N5O/c14-11(15)13(16,17)23-8-4-2-1-3-6(8)9-7(5-18)10(19)22-12(20)21-9/h1-4,11H,(H4,19,20,21,22). The number of aromatic nitrogens is 2. The van der Waals surface area contributed by atoms with E-state index in [1.165, 1.54) is 18.2 Å². The van der Waals surface area contributed by atoms with Gasteiger partial charge in [0.15, 0.2) is 0 Å². The Morgan fingerprint density at radius 3 is 2.43 bits per heavy atom. The van der Waals surface area contributed by atoms with Gasteiger partial charge in [-0.2, -0.15) is 27.8 Å². The average Bonchev–Trinajstić information content (AvgIpc) is 2.46. The van der Waals surface area contributed by atoms with Crippen LogP contribution in [0.25, 0.3) is 11.3 Å². The number of hydrogen-bond donors (Lipinski definition) is 2. The molecule has 0 aliphatic carbocycles. The molecule has 0 spiro atoms. The zero-order valence-corrected chi connectivity index (χ0v) is 11.3. The first-order valence-electron chi connectivity index (χ1n) is 6.03. The molecule has 2 aromatic rings. The summed E-state index contributed by atoms with van der Waals surface area (Å²) in [6.45, 7) is 0. The number of benzene rings is 1. The van der Waals surface area contributed by atoms with Gasteiger partial charge in [0.25, 0.3) is 0 Å². The molecule has 0 bridgehead atoms. The van der Waals surface area contributed by atoms with Gasteiger partial charge in [0.1, 0.15) is 23.2 Å². The quantitative estimate of drug-likeness (QED) is 0.834. The first-order chi connectivity index (χ1) is 10.8. The molecular formula is C13H9F4N5O. The van der Waals surface area contributed by atoms with Crippen molar-refractivity contribution in [1.29, 1.82) is 5.26 Å². The molecule has 0 saturated heterocycles. The summed E-state index contributed by atoms with van der Waals surface area (Å²) < 4.78 is 55.0. The number of nitrogens with zero attached hydrogens (tertiary/aromatic N) is 3. The maximum absolute atomic E-state index is 13.1. The number of hydrogen-bond acceptors (Lipinski definition) is 6. The van der Waals surface area contributed by atoms with Gasteiger partial charge < -0.3 is 16.2 Å². The number of nitrogens with two attached hydrogens (primary N) is 2. The summed E-state index contributed by atoms with van der Waals surface area (Å²) in [4.78, 5) is 7.34. The molecular weight excluding hydrogens is 318 g/mol. The van der Waals surface area contributed by atoms with Crippen molar-refractivity contribution in [1.82, 2.24) is 9.97 Å². The normalized spacial score (nSPS) is 11.3. The van der Waals surface area contributed by atoms with Gasteiger partial charge in [0.2, 0.25) is 5.95 Å². The number of para-hydroxylation sites is 1. The van der Waals surface area contributed by atoms with E-state index in [4.69, 9.17) is 16.7 Å². The largest absolute Gasteiger partial charge is 0.461 e. The van der Waals surface area contributed by atoms with Gasteiger partial charge in [-0.05, 0) is 12.1 Å². The second-order valence-corrected chi connectivity index (χ2v) is 4.26. The number of rotatable bonds is 4. The van der Waals surface area contributed by atoms with Gasteiger partial charge in [0, 0.05) is 5.56 Å². The second-order valence-electron chi connectivity index (χ2n) is 4.26. The first-order valence-corrected chi connectivity index (χ1v) is 6.03. The topological polar surface area (TPSA) is 111 Å². The van der Waals surface area contributed by atoms with Crippen molar-refractivity contribution in [2.45, 2.75) is 12.5 Å². The fourth-order valence-corrected chi connectivity index (χ4v) is 1.74. The number of halogens is 4. The number of nitriles is 1. The lowest BCUT2D eigenvalue weighted by Gasteiger charge is -2.19. The molecule has 1 heterocycles. The van der Waals surface area contributed by atoms with Gasteiger partial charge in [-0.15, -0.1) is 0 Å². The van der Waals surface area contributed by atoms with Crippen LogP contribution in [0, 0.1) is 11.3 Å². The SMILES string of the molecule is N#Cc1c(N)nc(N)nc1-c1ccccc1OC(F)(F)C(F)F. The molecule has 0 fully saturated rings. The third kappa shape index (κ3) is 3.23. The van der Waals surface area contributed by atoms with Gasteiger partial charge in [-0.1, -0.05) is 12.1 Å². The predicted octanol–water partition coefficient (Wildman–Crippen LogP) is 2.42. The van der Waals surface area contributed by atoms with Gasteiger partial charge in [0.05, 0.1) is 5.69 Å². The van der Waals surface area contributed by atoms with E-state index in [0.717, 1.165) is 6.07 Å². The maximum Gasteiger partial charge on any atom is 0.461 e. The van der Waals surface area contributed by atoms with E-state index in [0.29, 0.717) is 0 Å². The highest BCUT2D eigenvalue weighted by atomic mass is 19.3. The highest BCUT2D eigenvalue weighted by Crippen LogP contribution is 2.36.